The number of nitrogens with one attached hydrogen (secondary N) is 2. The predicted octanol–water partition coefficient (Wildman–Crippen LogP) is 1.12. The average Bonchev–Trinajstić information content (AvgIpc) is 2.90. The van der Waals surface area contributed by atoms with Crippen LogP contribution in [0.4, 0.5) is 10.8 Å². The molecule has 0 fully saturated rings. The first-order chi connectivity index (χ1) is 10.5. The zero-order valence-corrected chi connectivity index (χ0v) is 12.2. The second-order valence-electron chi connectivity index (χ2n) is 4.16. The van der Waals surface area contributed by atoms with Crippen LogP contribution in [0.5, 0.6) is 0 Å². The molecule has 0 unspecified atom stereocenters. The highest BCUT2D eigenvalue weighted by Gasteiger charge is 2.13. The van der Waals surface area contributed by atoms with Crippen molar-refractivity contribution in [1.82, 2.24) is 15.5 Å². The van der Waals surface area contributed by atoms with Crippen LogP contribution in [0, 0.1) is 17.0 Å². The molecule has 0 atom stereocenters. The first-order valence-corrected chi connectivity index (χ1v) is 6.90. The molecule has 1 heterocycles. The summed E-state index contributed by atoms with van der Waals surface area (Å²) in [6.07, 6.45) is 0. The molecule has 0 saturated carbocycles. The first-order valence-electron chi connectivity index (χ1n) is 6.08. The monoisotopic (exact) mass is 321 g/mol. The SMILES string of the molecule is Cc1nnc(NC(=O)CNC(=O)c2cccc([N+](=O)[O-])c2)s1. The van der Waals surface area contributed by atoms with Crippen LogP contribution in [0.1, 0.15) is 15.4 Å². The van der Waals surface area contributed by atoms with Crippen LogP contribution in [0.25, 0.3) is 0 Å². The van der Waals surface area contributed by atoms with Gasteiger partial charge in [0.15, 0.2) is 0 Å². The Balaban J connectivity index is 1.90. The molecule has 0 bridgehead atoms. The van der Waals surface area contributed by atoms with Gasteiger partial charge in [0.2, 0.25) is 11.0 Å². The molecule has 1 aromatic heterocycles. The zero-order valence-electron chi connectivity index (χ0n) is 11.4. The van der Waals surface area contributed by atoms with E-state index in [0.29, 0.717) is 10.1 Å². The summed E-state index contributed by atoms with van der Waals surface area (Å²) in [5, 5.41) is 24.0. The number of carbonyl (C=O) groups is 2. The van der Waals surface area contributed by atoms with Crippen molar-refractivity contribution in [3.05, 3.63) is 45.0 Å². The molecule has 0 aliphatic heterocycles. The molecule has 22 heavy (non-hydrogen) atoms. The Hall–Kier alpha value is -2.88. The number of nitro benzene ring substituents is 1. The van der Waals surface area contributed by atoms with Crippen LogP contribution in [0.3, 0.4) is 0 Å². The highest BCUT2D eigenvalue weighted by molar-refractivity contribution is 7.15. The second kappa shape index (κ2) is 6.72. The minimum Gasteiger partial charge on any atom is -0.343 e. The Labute approximate surface area is 128 Å². The number of rotatable bonds is 5. The minimum absolute atomic E-state index is 0.105. The van der Waals surface area contributed by atoms with Crippen molar-refractivity contribution in [2.45, 2.75) is 6.92 Å². The Bertz CT molecular complexity index is 730. The van der Waals surface area contributed by atoms with Crippen LogP contribution < -0.4 is 10.6 Å². The Morgan fingerprint density at radius 1 is 1.36 bits per heavy atom. The maximum atomic E-state index is 11.8. The number of hydrogen-bond donors (Lipinski definition) is 2. The standard InChI is InChI=1S/C12H11N5O4S/c1-7-15-16-12(22-7)14-10(18)6-13-11(19)8-3-2-4-9(5-8)17(20)21/h2-5H,6H2,1H3,(H,13,19)(H,14,16,18). The fourth-order valence-corrected chi connectivity index (χ4v) is 2.14. The van der Waals surface area contributed by atoms with E-state index >= 15 is 0 Å². The van der Waals surface area contributed by atoms with Gasteiger partial charge >= 0.3 is 0 Å². The van der Waals surface area contributed by atoms with Gasteiger partial charge in [-0.25, -0.2) is 0 Å². The Morgan fingerprint density at radius 2 is 2.14 bits per heavy atom. The molecule has 0 aliphatic carbocycles. The van der Waals surface area contributed by atoms with E-state index in [1.165, 1.54) is 29.5 Å². The maximum Gasteiger partial charge on any atom is 0.270 e. The number of aryl methyl sites for hydroxylation is 1. The van der Waals surface area contributed by atoms with Crippen molar-refractivity contribution < 1.29 is 14.5 Å². The summed E-state index contributed by atoms with van der Waals surface area (Å²) in [6.45, 7) is 1.47. The van der Waals surface area contributed by atoms with Crippen LogP contribution in [0.2, 0.25) is 0 Å². The van der Waals surface area contributed by atoms with Crippen molar-refractivity contribution in [3.63, 3.8) is 0 Å². The van der Waals surface area contributed by atoms with E-state index in [2.05, 4.69) is 20.8 Å². The smallest absolute Gasteiger partial charge is 0.270 e. The number of hydrogen-bond acceptors (Lipinski definition) is 7. The molecule has 2 aromatic rings. The number of carbonyl (C=O) groups excluding carboxylic acids is 2. The summed E-state index contributed by atoms with van der Waals surface area (Å²) in [4.78, 5) is 33.5. The van der Waals surface area contributed by atoms with Gasteiger partial charge in [0.1, 0.15) is 5.01 Å². The normalized spacial score (nSPS) is 10.0. The fraction of sp³-hybridized carbons (Fsp3) is 0.167. The Kier molecular flexibility index (Phi) is 4.73. The van der Waals surface area contributed by atoms with Crippen LogP contribution in [-0.2, 0) is 4.79 Å². The lowest BCUT2D eigenvalue weighted by Crippen LogP contribution is -2.32. The summed E-state index contributed by atoms with van der Waals surface area (Å²) in [7, 11) is 0. The third-order valence-electron chi connectivity index (χ3n) is 2.50. The number of nitrogens with zero attached hydrogens (tertiary/aromatic N) is 3. The lowest BCUT2D eigenvalue weighted by molar-refractivity contribution is -0.384. The van der Waals surface area contributed by atoms with Crippen molar-refractivity contribution in [3.8, 4) is 0 Å². The highest BCUT2D eigenvalue weighted by Crippen LogP contribution is 2.14. The van der Waals surface area contributed by atoms with E-state index in [4.69, 9.17) is 0 Å². The molecule has 0 spiro atoms. The predicted molar refractivity (Wildman–Crippen MR) is 78.7 cm³/mol. The summed E-state index contributed by atoms with van der Waals surface area (Å²) < 4.78 is 0. The number of nitro groups is 1. The summed E-state index contributed by atoms with van der Waals surface area (Å²) >= 11 is 1.21. The van der Waals surface area contributed by atoms with Gasteiger partial charge in [-0.1, -0.05) is 17.4 Å². The van der Waals surface area contributed by atoms with Gasteiger partial charge in [-0.05, 0) is 13.0 Å². The number of non-ortho nitro benzene ring substituents is 1. The highest BCUT2D eigenvalue weighted by atomic mass is 32.1. The van der Waals surface area contributed by atoms with Crippen LogP contribution in [-0.4, -0.2) is 33.5 Å². The van der Waals surface area contributed by atoms with Gasteiger partial charge < -0.3 is 5.32 Å². The van der Waals surface area contributed by atoms with Gasteiger partial charge in [-0.15, -0.1) is 10.2 Å². The molecular weight excluding hydrogens is 310 g/mol. The van der Waals surface area contributed by atoms with E-state index in [0.717, 1.165) is 6.07 Å². The van der Waals surface area contributed by atoms with Crippen molar-refractivity contribution in [2.75, 3.05) is 11.9 Å². The lowest BCUT2D eigenvalue weighted by atomic mass is 10.2. The van der Waals surface area contributed by atoms with E-state index < -0.39 is 16.7 Å². The van der Waals surface area contributed by atoms with Gasteiger partial charge in [0.25, 0.3) is 11.6 Å². The third-order valence-corrected chi connectivity index (χ3v) is 3.26. The third kappa shape index (κ3) is 4.06. The number of amides is 2. The maximum absolute atomic E-state index is 11.8. The first kappa shape index (κ1) is 15.5. The average molecular weight is 321 g/mol. The quantitative estimate of drug-likeness (QED) is 0.627. The molecule has 0 saturated heterocycles. The molecule has 0 radical (unpaired) electrons. The number of anilines is 1. The summed E-state index contributed by atoms with van der Waals surface area (Å²) in [6, 6.07) is 5.24. The van der Waals surface area contributed by atoms with Crippen molar-refractivity contribution in [2.24, 2.45) is 0 Å². The lowest BCUT2D eigenvalue weighted by Gasteiger charge is -2.04. The summed E-state index contributed by atoms with van der Waals surface area (Å²) in [5.74, 6) is -1.04. The van der Waals surface area contributed by atoms with Gasteiger partial charge in [-0.2, -0.15) is 0 Å². The van der Waals surface area contributed by atoms with Gasteiger partial charge in [-0.3, -0.25) is 25.0 Å². The summed E-state index contributed by atoms with van der Waals surface area (Å²) in [5.41, 5.74) is -0.0878. The van der Waals surface area contributed by atoms with Gasteiger partial charge in [0.05, 0.1) is 11.5 Å². The van der Waals surface area contributed by atoms with Crippen molar-refractivity contribution in [1.29, 1.82) is 0 Å². The van der Waals surface area contributed by atoms with Gasteiger partial charge in [0, 0.05) is 17.7 Å². The molecule has 2 rings (SSSR count). The molecule has 1 aromatic carbocycles. The van der Waals surface area contributed by atoms with E-state index in [1.807, 2.05) is 0 Å². The number of benzene rings is 1. The van der Waals surface area contributed by atoms with E-state index in [9.17, 15) is 19.7 Å². The minimum atomic E-state index is -0.596. The largest absolute Gasteiger partial charge is 0.343 e. The molecule has 9 nitrogen and oxygen atoms in total. The topological polar surface area (TPSA) is 127 Å². The molecule has 2 amide bonds. The zero-order chi connectivity index (χ0) is 16.1. The molecule has 0 aliphatic rings. The molecule has 2 N–H and O–H groups in total. The fourth-order valence-electron chi connectivity index (χ4n) is 1.53. The second-order valence-corrected chi connectivity index (χ2v) is 5.35. The van der Waals surface area contributed by atoms with Crippen molar-refractivity contribution >= 4 is 34.0 Å². The molecule has 10 heteroatoms. The Morgan fingerprint density at radius 3 is 2.77 bits per heavy atom. The van der Waals surface area contributed by atoms with Crippen LogP contribution >= 0.6 is 11.3 Å². The van der Waals surface area contributed by atoms with E-state index in [1.54, 1.807) is 6.92 Å². The van der Waals surface area contributed by atoms with E-state index in [-0.39, 0.29) is 17.8 Å². The molecule has 114 valence electrons. The number of aromatic nitrogens is 2. The van der Waals surface area contributed by atoms with Crippen LogP contribution in [0.15, 0.2) is 24.3 Å². The molecular formula is C12H11N5O4S.